The molecule has 116 valence electrons. The second-order valence-electron chi connectivity index (χ2n) is 4.67. The van der Waals surface area contributed by atoms with Crippen molar-refractivity contribution in [3.8, 4) is 6.07 Å². The number of carbonyl (C=O) groups excluding carboxylic acids is 2. The molecule has 1 amide bonds. The molecule has 0 saturated heterocycles. The number of esters is 1. The summed E-state index contributed by atoms with van der Waals surface area (Å²) in [5, 5.41) is 11.9. The number of halogens is 1. The topological polar surface area (TPSA) is 79.2 Å². The van der Waals surface area contributed by atoms with Crippen LogP contribution in [0.4, 0.5) is 0 Å². The smallest absolute Gasteiger partial charge is 0.338 e. The fraction of sp³-hybridized carbons (Fsp3) is 0.118. The first-order chi connectivity index (χ1) is 11.1. The Morgan fingerprint density at radius 2 is 1.74 bits per heavy atom. The molecule has 2 rings (SSSR count). The molecule has 0 saturated carbocycles. The predicted molar refractivity (Wildman–Crippen MR) is 84.7 cm³/mol. The lowest BCUT2D eigenvalue weighted by atomic mass is 10.1. The fourth-order valence-corrected chi connectivity index (χ4v) is 1.88. The van der Waals surface area contributed by atoms with Crippen molar-refractivity contribution in [1.29, 1.82) is 5.26 Å². The Bertz CT molecular complexity index is 734. The van der Waals surface area contributed by atoms with Gasteiger partial charge in [0.15, 0.2) is 6.61 Å². The van der Waals surface area contributed by atoms with Crippen LogP contribution in [0.15, 0.2) is 48.5 Å². The number of rotatable bonds is 5. The Kier molecular flexibility index (Phi) is 5.73. The Balaban J connectivity index is 1.78. The molecule has 0 radical (unpaired) electrons. The van der Waals surface area contributed by atoms with Crippen LogP contribution in [0.5, 0.6) is 0 Å². The van der Waals surface area contributed by atoms with E-state index >= 15 is 0 Å². The summed E-state index contributed by atoms with van der Waals surface area (Å²) in [5.41, 5.74) is 1.62. The number of carbonyl (C=O) groups is 2. The van der Waals surface area contributed by atoms with Crippen molar-refractivity contribution in [2.75, 3.05) is 6.61 Å². The molecule has 6 heteroatoms. The number of nitrogens with zero attached hydrogens (tertiary/aromatic N) is 1. The Labute approximate surface area is 138 Å². The normalized spacial score (nSPS) is 9.74. The quantitative estimate of drug-likeness (QED) is 0.856. The van der Waals surface area contributed by atoms with Crippen molar-refractivity contribution in [1.82, 2.24) is 5.32 Å². The molecule has 0 spiro atoms. The van der Waals surface area contributed by atoms with Crippen LogP contribution in [0.25, 0.3) is 0 Å². The monoisotopic (exact) mass is 328 g/mol. The zero-order chi connectivity index (χ0) is 16.7. The highest BCUT2D eigenvalue weighted by molar-refractivity contribution is 6.30. The summed E-state index contributed by atoms with van der Waals surface area (Å²) < 4.78 is 4.92. The summed E-state index contributed by atoms with van der Waals surface area (Å²) in [7, 11) is 0. The van der Waals surface area contributed by atoms with Crippen LogP contribution in [0.1, 0.15) is 21.5 Å². The van der Waals surface area contributed by atoms with Gasteiger partial charge in [-0.3, -0.25) is 4.79 Å². The summed E-state index contributed by atoms with van der Waals surface area (Å²) in [6, 6.07) is 15.0. The van der Waals surface area contributed by atoms with Gasteiger partial charge < -0.3 is 10.1 Å². The van der Waals surface area contributed by atoms with Gasteiger partial charge in [0.25, 0.3) is 5.91 Å². The van der Waals surface area contributed by atoms with Crippen LogP contribution >= 0.6 is 11.6 Å². The highest BCUT2D eigenvalue weighted by Gasteiger charge is 2.10. The van der Waals surface area contributed by atoms with Crippen molar-refractivity contribution >= 4 is 23.5 Å². The third kappa shape index (κ3) is 5.13. The van der Waals surface area contributed by atoms with Crippen molar-refractivity contribution in [2.45, 2.75) is 6.54 Å². The number of nitrogens with one attached hydrogen (secondary N) is 1. The second-order valence-corrected chi connectivity index (χ2v) is 5.10. The minimum Gasteiger partial charge on any atom is -0.452 e. The van der Waals surface area contributed by atoms with Gasteiger partial charge in [-0.25, -0.2) is 4.79 Å². The molecule has 0 fully saturated rings. The van der Waals surface area contributed by atoms with Crippen LogP contribution in [0.2, 0.25) is 5.02 Å². The summed E-state index contributed by atoms with van der Waals surface area (Å²) in [5.74, 6) is -1.02. The standard InChI is InChI=1S/C17H13ClN2O3/c18-15-7-3-13(4-8-15)10-20-16(21)11-23-17(22)14-5-1-12(9-19)2-6-14/h1-8H,10-11H2,(H,20,21). The van der Waals surface area contributed by atoms with Crippen LogP contribution in [-0.2, 0) is 16.1 Å². The summed E-state index contributed by atoms with van der Waals surface area (Å²) in [6.45, 7) is -0.0448. The van der Waals surface area contributed by atoms with E-state index in [1.807, 2.05) is 6.07 Å². The highest BCUT2D eigenvalue weighted by atomic mass is 35.5. The van der Waals surface area contributed by atoms with E-state index in [-0.39, 0.29) is 12.2 Å². The van der Waals surface area contributed by atoms with Gasteiger partial charge >= 0.3 is 5.97 Å². The van der Waals surface area contributed by atoms with Crippen LogP contribution in [-0.4, -0.2) is 18.5 Å². The first-order valence-corrected chi connectivity index (χ1v) is 7.14. The van der Waals surface area contributed by atoms with Crippen molar-refractivity contribution in [3.05, 3.63) is 70.2 Å². The Morgan fingerprint density at radius 1 is 1.09 bits per heavy atom. The van der Waals surface area contributed by atoms with Crippen LogP contribution < -0.4 is 5.32 Å². The molecule has 2 aromatic carbocycles. The minimum atomic E-state index is -0.615. The number of ether oxygens (including phenoxy) is 1. The molecule has 0 aliphatic heterocycles. The maximum Gasteiger partial charge on any atom is 0.338 e. The van der Waals surface area contributed by atoms with Gasteiger partial charge in [0.1, 0.15) is 0 Å². The third-order valence-electron chi connectivity index (χ3n) is 2.99. The summed E-state index contributed by atoms with van der Waals surface area (Å²) in [6.07, 6.45) is 0. The van der Waals surface area contributed by atoms with E-state index in [0.717, 1.165) is 5.56 Å². The molecule has 23 heavy (non-hydrogen) atoms. The molecular weight excluding hydrogens is 316 g/mol. The molecule has 0 atom stereocenters. The van der Waals surface area contributed by atoms with Crippen LogP contribution in [0.3, 0.4) is 0 Å². The van der Waals surface area contributed by atoms with Crippen molar-refractivity contribution in [2.24, 2.45) is 0 Å². The molecule has 1 N–H and O–H groups in total. The lowest BCUT2D eigenvalue weighted by Crippen LogP contribution is -2.28. The lowest BCUT2D eigenvalue weighted by molar-refractivity contribution is -0.124. The molecular formula is C17H13ClN2O3. The number of nitriles is 1. The van der Waals surface area contributed by atoms with E-state index in [9.17, 15) is 9.59 Å². The lowest BCUT2D eigenvalue weighted by Gasteiger charge is -2.07. The third-order valence-corrected chi connectivity index (χ3v) is 3.24. The maximum absolute atomic E-state index is 11.8. The van der Waals surface area contributed by atoms with Gasteiger partial charge in [0.05, 0.1) is 17.2 Å². The van der Waals surface area contributed by atoms with Gasteiger partial charge in [0, 0.05) is 11.6 Å². The molecule has 0 heterocycles. The van der Waals surface area contributed by atoms with E-state index in [0.29, 0.717) is 17.1 Å². The van der Waals surface area contributed by atoms with Gasteiger partial charge in [0.2, 0.25) is 0 Å². The van der Waals surface area contributed by atoms with Gasteiger partial charge in [-0.05, 0) is 42.0 Å². The summed E-state index contributed by atoms with van der Waals surface area (Å²) >= 11 is 5.77. The molecule has 0 bridgehead atoms. The number of hydrogen-bond donors (Lipinski definition) is 1. The SMILES string of the molecule is N#Cc1ccc(C(=O)OCC(=O)NCc2ccc(Cl)cc2)cc1. The van der Waals surface area contributed by atoms with Gasteiger partial charge in [-0.2, -0.15) is 5.26 Å². The second kappa shape index (κ2) is 7.97. The Morgan fingerprint density at radius 3 is 2.35 bits per heavy atom. The first-order valence-electron chi connectivity index (χ1n) is 6.77. The maximum atomic E-state index is 11.8. The minimum absolute atomic E-state index is 0.287. The first kappa shape index (κ1) is 16.5. The molecule has 0 unspecified atom stereocenters. The number of hydrogen-bond acceptors (Lipinski definition) is 4. The average molecular weight is 329 g/mol. The Hall–Kier alpha value is -2.84. The van der Waals surface area contributed by atoms with E-state index in [4.69, 9.17) is 21.6 Å². The fourth-order valence-electron chi connectivity index (χ4n) is 1.75. The predicted octanol–water partition coefficient (Wildman–Crippen LogP) is 2.68. The van der Waals surface area contributed by atoms with E-state index in [1.54, 1.807) is 24.3 Å². The van der Waals surface area contributed by atoms with Crippen molar-refractivity contribution in [3.63, 3.8) is 0 Å². The average Bonchev–Trinajstić information content (AvgIpc) is 2.59. The van der Waals surface area contributed by atoms with Gasteiger partial charge in [-0.15, -0.1) is 0 Å². The molecule has 0 aliphatic carbocycles. The zero-order valence-corrected chi connectivity index (χ0v) is 12.8. The largest absolute Gasteiger partial charge is 0.452 e. The molecule has 5 nitrogen and oxygen atoms in total. The van der Waals surface area contributed by atoms with E-state index in [2.05, 4.69) is 5.32 Å². The number of amides is 1. The molecule has 0 aliphatic rings. The highest BCUT2D eigenvalue weighted by Crippen LogP contribution is 2.09. The molecule has 0 aromatic heterocycles. The van der Waals surface area contributed by atoms with E-state index in [1.165, 1.54) is 24.3 Å². The summed E-state index contributed by atoms with van der Waals surface area (Å²) in [4.78, 5) is 23.4. The van der Waals surface area contributed by atoms with E-state index < -0.39 is 11.9 Å². The van der Waals surface area contributed by atoms with Crippen LogP contribution in [0, 0.1) is 11.3 Å². The van der Waals surface area contributed by atoms with Crippen molar-refractivity contribution < 1.29 is 14.3 Å². The van der Waals surface area contributed by atoms with Gasteiger partial charge in [-0.1, -0.05) is 23.7 Å². The zero-order valence-electron chi connectivity index (χ0n) is 12.1. The molecule has 2 aromatic rings. The number of benzene rings is 2.